The maximum Gasteiger partial charge on any atom is 0.271 e. The third-order valence-electron chi connectivity index (χ3n) is 3.93. The molecule has 8 heteroatoms. The fraction of sp³-hybridized carbons (Fsp3) is 0.158. The van der Waals surface area contributed by atoms with Crippen LogP contribution in [-0.2, 0) is 9.59 Å². The van der Waals surface area contributed by atoms with Crippen molar-refractivity contribution in [1.82, 2.24) is 5.43 Å². The third-order valence-corrected chi connectivity index (χ3v) is 3.93. The molecule has 3 rings (SSSR count). The lowest BCUT2D eigenvalue weighted by molar-refractivity contribution is -0.121. The van der Waals surface area contributed by atoms with E-state index in [9.17, 15) is 14.4 Å². The van der Waals surface area contributed by atoms with Crippen LogP contribution < -0.4 is 20.8 Å². The van der Waals surface area contributed by atoms with Crippen LogP contribution in [0.5, 0.6) is 5.75 Å². The van der Waals surface area contributed by atoms with Crippen molar-refractivity contribution in [3.05, 3.63) is 54.1 Å². The van der Waals surface area contributed by atoms with Crippen molar-refractivity contribution in [2.45, 2.75) is 12.8 Å². The first kappa shape index (κ1) is 18.1. The summed E-state index contributed by atoms with van der Waals surface area (Å²) in [6, 6.07) is 13.6. The molecular formula is C19H18N4O4. The molecule has 138 valence electrons. The summed E-state index contributed by atoms with van der Waals surface area (Å²) in [5.41, 5.74) is 4.06. The molecule has 3 N–H and O–H groups in total. The molecule has 0 unspecified atom stereocenters. The zero-order valence-electron chi connectivity index (χ0n) is 14.6. The smallest absolute Gasteiger partial charge is 0.271 e. The molecule has 2 aromatic carbocycles. The molecule has 27 heavy (non-hydrogen) atoms. The number of benzene rings is 2. The second-order valence-corrected chi connectivity index (χ2v) is 5.78. The molecule has 0 saturated heterocycles. The molecule has 0 aliphatic carbocycles. The van der Waals surface area contributed by atoms with E-state index in [1.54, 1.807) is 42.5 Å². The molecule has 3 amide bonds. The topological polar surface area (TPSA) is 109 Å². The molecule has 8 nitrogen and oxygen atoms in total. The Morgan fingerprint density at radius 3 is 2.41 bits per heavy atom. The van der Waals surface area contributed by atoms with Gasteiger partial charge in [-0.05, 0) is 36.4 Å². The lowest BCUT2D eigenvalue weighted by Gasteiger charge is -2.12. The molecule has 0 aromatic heterocycles. The Labute approximate surface area is 155 Å². The Kier molecular flexibility index (Phi) is 5.46. The Bertz CT molecular complexity index is 906. The number of nitrogens with one attached hydrogen (secondary N) is 3. The number of amides is 3. The van der Waals surface area contributed by atoms with E-state index in [4.69, 9.17) is 4.74 Å². The number of hydrazone groups is 1. The molecule has 0 fully saturated rings. The Hall–Kier alpha value is -3.68. The summed E-state index contributed by atoms with van der Waals surface area (Å²) in [6.07, 6.45) is 0.519. The zero-order valence-corrected chi connectivity index (χ0v) is 14.6. The summed E-state index contributed by atoms with van der Waals surface area (Å²) in [7, 11) is 1.53. The van der Waals surface area contributed by atoms with Crippen LogP contribution in [0.1, 0.15) is 23.2 Å². The maximum atomic E-state index is 12.4. The molecule has 0 radical (unpaired) electrons. The second kappa shape index (κ2) is 8.13. The van der Waals surface area contributed by atoms with E-state index in [2.05, 4.69) is 21.2 Å². The Morgan fingerprint density at radius 1 is 1.00 bits per heavy atom. The first-order chi connectivity index (χ1) is 13.1. The van der Waals surface area contributed by atoms with Crippen molar-refractivity contribution in [3.63, 3.8) is 0 Å². The lowest BCUT2D eigenvalue weighted by atomic mass is 10.1. The number of ether oxygens (including phenoxy) is 1. The summed E-state index contributed by atoms with van der Waals surface area (Å²) < 4.78 is 5.21. The van der Waals surface area contributed by atoms with E-state index in [1.807, 2.05) is 6.07 Å². The van der Waals surface area contributed by atoms with Crippen LogP contribution in [-0.4, -0.2) is 30.5 Å². The summed E-state index contributed by atoms with van der Waals surface area (Å²) in [4.78, 5) is 35.6. The van der Waals surface area contributed by atoms with Crippen LogP contribution in [0.3, 0.4) is 0 Å². The van der Waals surface area contributed by atoms with E-state index in [0.717, 1.165) is 0 Å². The van der Waals surface area contributed by atoms with Gasteiger partial charge in [-0.2, -0.15) is 5.10 Å². The third kappa shape index (κ3) is 4.49. The number of hydrogen-bond acceptors (Lipinski definition) is 5. The number of rotatable bonds is 5. The van der Waals surface area contributed by atoms with Gasteiger partial charge in [0.05, 0.1) is 12.8 Å². The van der Waals surface area contributed by atoms with Crippen molar-refractivity contribution in [2.75, 3.05) is 17.7 Å². The predicted octanol–water partition coefficient (Wildman–Crippen LogP) is 2.15. The normalized spacial score (nSPS) is 13.2. The van der Waals surface area contributed by atoms with Gasteiger partial charge in [0.15, 0.2) is 0 Å². The first-order valence-electron chi connectivity index (χ1n) is 8.28. The van der Waals surface area contributed by atoms with E-state index in [-0.39, 0.29) is 36.3 Å². The van der Waals surface area contributed by atoms with Crippen molar-refractivity contribution >= 4 is 34.8 Å². The van der Waals surface area contributed by atoms with Crippen LogP contribution in [0.15, 0.2) is 53.6 Å². The van der Waals surface area contributed by atoms with Gasteiger partial charge < -0.3 is 15.4 Å². The first-order valence-corrected chi connectivity index (χ1v) is 8.28. The number of hydrogen-bond donors (Lipinski definition) is 3. The summed E-state index contributed by atoms with van der Waals surface area (Å²) in [5.74, 6) is -0.329. The summed E-state index contributed by atoms with van der Waals surface area (Å²) >= 11 is 0. The predicted molar refractivity (Wildman–Crippen MR) is 101 cm³/mol. The van der Waals surface area contributed by atoms with Crippen molar-refractivity contribution in [1.29, 1.82) is 0 Å². The molecule has 0 spiro atoms. The lowest BCUT2D eigenvalue weighted by Crippen LogP contribution is -2.32. The molecule has 1 heterocycles. The van der Waals surface area contributed by atoms with Gasteiger partial charge in [0, 0.05) is 24.1 Å². The highest BCUT2D eigenvalue weighted by Crippen LogP contribution is 2.23. The van der Waals surface area contributed by atoms with Gasteiger partial charge in [-0.15, -0.1) is 0 Å². The number of methoxy groups -OCH3 is 1. The minimum atomic E-state index is -0.388. The van der Waals surface area contributed by atoms with Gasteiger partial charge in [0.2, 0.25) is 5.91 Å². The highest BCUT2D eigenvalue weighted by atomic mass is 16.5. The Morgan fingerprint density at radius 2 is 1.74 bits per heavy atom. The number of para-hydroxylation sites is 2. The number of carbonyl (C=O) groups is 3. The number of anilines is 2. The van der Waals surface area contributed by atoms with Crippen molar-refractivity contribution in [3.8, 4) is 5.75 Å². The summed E-state index contributed by atoms with van der Waals surface area (Å²) in [6.45, 7) is 0. The quantitative estimate of drug-likeness (QED) is 0.753. The van der Waals surface area contributed by atoms with Gasteiger partial charge >= 0.3 is 0 Å². The standard InChI is InChI=1S/C19H18N4O4/c1-27-16-5-3-2-4-14(16)21-18(25)12-6-8-13(9-7-12)20-19(26)15-10-11-17(24)23-22-15/h2-9H,10-11H2,1H3,(H,20,26)(H,21,25)(H,23,24). The molecule has 0 bridgehead atoms. The van der Waals surface area contributed by atoms with E-state index >= 15 is 0 Å². The van der Waals surface area contributed by atoms with Crippen LogP contribution in [0, 0.1) is 0 Å². The summed E-state index contributed by atoms with van der Waals surface area (Å²) in [5, 5.41) is 9.22. The SMILES string of the molecule is COc1ccccc1NC(=O)c1ccc(NC(=O)C2=NNC(=O)CC2)cc1. The van der Waals surface area contributed by atoms with E-state index in [1.165, 1.54) is 7.11 Å². The van der Waals surface area contributed by atoms with Gasteiger partial charge in [-0.3, -0.25) is 14.4 Å². The molecule has 0 atom stereocenters. The molecule has 1 aliphatic rings. The van der Waals surface area contributed by atoms with Gasteiger partial charge in [0.1, 0.15) is 11.5 Å². The average molecular weight is 366 g/mol. The van der Waals surface area contributed by atoms with Crippen LogP contribution in [0.25, 0.3) is 0 Å². The largest absolute Gasteiger partial charge is 0.495 e. The minimum absolute atomic E-state index is 0.211. The van der Waals surface area contributed by atoms with Gasteiger partial charge in [0.25, 0.3) is 11.8 Å². The Balaban J connectivity index is 1.63. The van der Waals surface area contributed by atoms with Gasteiger partial charge in [-0.1, -0.05) is 12.1 Å². The molecule has 0 saturated carbocycles. The maximum absolute atomic E-state index is 12.4. The van der Waals surface area contributed by atoms with E-state index in [0.29, 0.717) is 22.7 Å². The number of nitrogens with zero attached hydrogens (tertiary/aromatic N) is 1. The number of carbonyl (C=O) groups excluding carboxylic acids is 3. The highest BCUT2D eigenvalue weighted by Gasteiger charge is 2.18. The molecular weight excluding hydrogens is 348 g/mol. The average Bonchev–Trinajstić information content (AvgIpc) is 2.69. The zero-order chi connectivity index (χ0) is 19.2. The second-order valence-electron chi connectivity index (χ2n) is 5.78. The van der Waals surface area contributed by atoms with Crippen LogP contribution in [0.2, 0.25) is 0 Å². The van der Waals surface area contributed by atoms with E-state index < -0.39 is 0 Å². The molecule has 1 aliphatic heterocycles. The van der Waals surface area contributed by atoms with Crippen LogP contribution in [0.4, 0.5) is 11.4 Å². The fourth-order valence-electron chi connectivity index (χ4n) is 2.49. The fourth-order valence-corrected chi connectivity index (χ4v) is 2.49. The minimum Gasteiger partial charge on any atom is -0.495 e. The monoisotopic (exact) mass is 366 g/mol. The van der Waals surface area contributed by atoms with Crippen molar-refractivity contribution < 1.29 is 19.1 Å². The van der Waals surface area contributed by atoms with Crippen molar-refractivity contribution in [2.24, 2.45) is 5.10 Å². The highest BCUT2D eigenvalue weighted by molar-refractivity contribution is 6.43. The van der Waals surface area contributed by atoms with Gasteiger partial charge in [-0.25, -0.2) is 5.43 Å². The van der Waals surface area contributed by atoms with Crippen LogP contribution >= 0.6 is 0 Å². The molecule has 2 aromatic rings.